The predicted molar refractivity (Wildman–Crippen MR) is 157 cm³/mol. The Morgan fingerprint density at radius 2 is 1.84 bits per heavy atom. The standard InChI is InChI=1S/C21H27N12O9PS2/c1-38-14-10-4-29-45(36,37)42-8-2-11(32-6-26-12-16(22)24-5-25-17(12)32)39-9(8)3-28-43(35,44)41-15(14)20(40-10)33-7-27-13-18(33)30-21(23)31-19(13)34/h5-11,14-15,20,29H,2-4H2,1H3,(H2,22,24,25)(H2,28,35,44)(H3,23,30,31,34). The van der Waals surface area contributed by atoms with Crippen molar-refractivity contribution in [2.45, 2.75) is 49.4 Å². The van der Waals surface area contributed by atoms with Crippen molar-refractivity contribution in [1.82, 2.24) is 48.8 Å². The topological polar surface area (TPSA) is 284 Å². The van der Waals surface area contributed by atoms with Crippen molar-refractivity contribution >= 4 is 62.8 Å². The highest BCUT2D eigenvalue weighted by atomic mass is 32.5. The van der Waals surface area contributed by atoms with Crippen molar-refractivity contribution in [3.63, 3.8) is 0 Å². The minimum atomic E-state index is -4.40. The molecule has 8 atom stereocenters. The van der Waals surface area contributed by atoms with Gasteiger partial charge in [0.05, 0.1) is 12.7 Å². The van der Waals surface area contributed by atoms with Crippen LogP contribution in [-0.4, -0.2) is 103 Å². The molecule has 0 radical (unpaired) electrons. The maximum absolute atomic E-state index is 13.2. The molecule has 0 aliphatic carbocycles. The number of rotatable bonds is 3. The van der Waals surface area contributed by atoms with Gasteiger partial charge in [0.25, 0.3) is 12.2 Å². The number of nitrogens with zero attached hydrogens (tertiary/aromatic N) is 7. The molecule has 21 nitrogen and oxygen atoms in total. The van der Waals surface area contributed by atoms with Gasteiger partial charge in [-0.25, -0.2) is 25.0 Å². The average Bonchev–Trinajstić information content (AvgIpc) is 3.74. The normalized spacial score (nSPS) is 33.9. The van der Waals surface area contributed by atoms with Crippen LogP contribution in [0.15, 0.2) is 23.8 Å². The molecule has 242 valence electrons. The summed E-state index contributed by atoms with van der Waals surface area (Å²) in [5.74, 6) is -0.00375. The second-order valence-electron chi connectivity index (χ2n) is 10.4. The van der Waals surface area contributed by atoms with E-state index in [2.05, 4.69) is 39.7 Å². The second-order valence-corrected chi connectivity index (χ2v) is 14.8. The summed E-state index contributed by atoms with van der Waals surface area (Å²) in [5, 5.41) is 2.80. The van der Waals surface area contributed by atoms with Crippen molar-refractivity contribution in [2.24, 2.45) is 0 Å². The summed E-state index contributed by atoms with van der Waals surface area (Å²) in [6.07, 6.45) is -2.86. The molecule has 7 rings (SSSR count). The molecule has 4 aromatic heterocycles. The summed E-state index contributed by atoms with van der Waals surface area (Å²) in [6, 6.07) is 0. The fourth-order valence-corrected chi connectivity index (χ4v) is 8.17. The molecule has 2 bridgehead atoms. The van der Waals surface area contributed by atoms with Crippen LogP contribution in [0.25, 0.3) is 22.3 Å². The van der Waals surface area contributed by atoms with Gasteiger partial charge in [-0.1, -0.05) is 0 Å². The lowest BCUT2D eigenvalue weighted by atomic mass is 10.1. The van der Waals surface area contributed by atoms with E-state index < -0.39 is 65.5 Å². The number of H-pyrrole nitrogens is 1. The van der Waals surface area contributed by atoms with E-state index in [1.807, 2.05) is 0 Å². The third-order valence-electron chi connectivity index (χ3n) is 7.63. The van der Waals surface area contributed by atoms with Gasteiger partial charge in [-0.3, -0.25) is 23.1 Å². The van der Waals surface area contributed by atoms with Crippen molar-refractivity contribution in [3.05, 3.63) is 29.3 Å². The van der Waals surface area contributed by atoms with E-state index in [1.165, 1.54) is 30.7 Å². The van der Waals surface area contributed by atoms with E-state index in [1.54, 1.807) is 4.57 Å². The summed E-state index contributed by atoms with van der Waals surface area (Å²) in [7, 11) is -3.04. The monoisotopic (exact) mass is 686 g/mol. The number of ether oxygens (including phenoxy) is 3. The summed E-state index contributed by atoms with van der Waals surface area (Å²) in [6.45, 7) is -4.36. The van der Waals surface area contributed by atoms with Crippen molar-refractivity contribution in [2.75, 3.05) is 31.7 Å². The second kappa shape index (κ2) is 11.2. The molecule has 8 unspecified atom stereocenters. The Morgan fingerprint density at radius 3 is 2.64 bits per heavy atom. The highest BCUT2D eigenvalue weighted by molar-refractivity contribution is 8.08. The number of aromatic amines is 1. The Hall–Kier alpha value is -3.22. The van der Waals surface area contributed by atoms with Crippen LogP contribution in [0.4, 0.5) is 11.8 Å². The number of hydrogen-bond acceptors (Lipinski definition) is 16. The number of hydrogen-bond donors (Lipinski definition) is 6. The first-order valence-corrected chi connectivity index (χ1v) is 17.4. The third-order valence-corrected chi connectivity index (χ3v) is 10.4. The Morgan fingerprint density at radius 1 is 1.07 bits per heavy atom. The first-order chi connectivity index (χ1) is 21.4. The van der Waals surface area contributed by atoms with E-state index in [-0.39, 0.29) is 42.4 Å². The minimum Gasteiger partial charge on any atom is -0.382 e. The Kier molecular flexibility index (Phi) is 7.60. The van der Waals surface area contributed by atoms with Crippen LogP contribution in [0.3, 0.4) is 0 Å². The fourth-order valence-electron chi connectivity index (χ4n) is 5.65. The van der Waals surface area contributed by atoms with Crippen LogP contribution in [0.1, 0.15) is 18.9 Å². The number of anilines is 2. The Bertz CT molecular complexity index is 1990. The van der Waals surface area contributed by atoms with Gasteiger partial charge in [0.2, 0.25) is 5.95 Å². The predicted octanol–water partition coefficient (Wildman–Crippen LogP) is -2.25. The quantitative estimate of drug-likeness (QED) is 0.124. The lowest BCUT2D eigenvalue weighted by Crippen LogP contribution is -2.43. The van der Waals surface area contributed by atoms with Gasteiger partial charge in [0, 0.05) is 26.6 Å². The molecule has 0 aromatic carbocycles. The molecule has 24 heteroatoms. The Balaban J connectivity index is 1.21. The molecule has 3 aliphatic heterocycles. The van der Waals surface area contributed by atoms with Crippen molar-refractivity contribution < 1.29 is 36.2 Å². The SMILES string of the molecule is COC1C2CNS(=O)(=O)OC3CC(n4cnc5c(N)ncnc54)OC3CNP(O)(=S)OC1C(n1cnc3c(=O)[nH]c(N)nc31)O2. The van der Waals surface area contributed by atoms with Gasteiger partial charge >= 0.3 is 10.3 Å². The lowest BCUT2D eigenvalue weighted by molar-refractivity contribution is -0.0298. The van der Waals surface area contributed by atoms with E-state index >= 15 is 0 Å². The fraction of sp³-hybridized carbons (Fsp3) is 0.524. The van der Waals surface area contributed by atoms with E-state index in [4.69, 9.17) is 46.2 Å². The van der Waals surface area contributed by atoms with Gasteiger partial charge < -0.3 is 35.1 Å². The number of methoxy groups -OCH3 is 1. The number of nitrogen functional groups attached to an aromatic ring is 2. The third kappa shape index (κ3) is 5.59. The number of fused-ring (bicyclic) bond motifs is 5. The average molecular weight is 687 g/mol. The number of aromatic nitrogens is 8. The summed E-state index contributed by atoms with van der Waals surface area (Å²) < 4.78 is 61.3. The maximum Gasteiger partial charge on any atom is 0.336 e. The molecule has 4 aromatic rings. The van der Waals surface area contributed by atoms with Gasteiger partial charge in [-0.05, 0) is 11.8 Å². The first-order valence-electron chi connectivity index (χ1n) is 13.4. The molecule has 7 heterocycles. The molecule has 45 heavy (non-hydrogen) atoms. The summed E-state index contributed by atoms with van der Waals surface area (Å²) in [5.41, 5.74) is 11.8. The van der Waals surface area contributed by atoms with Gasteiger partial charge in [0.1, 0.15) is 48.6 Å². The molecular formula is C21H27N12O9PS2. The zero-order valence-electron chi connectivity index (χ0n) is 23.2. The largest absolute Gasteiger partial charge is 0.382 e. The minimum absolute atomic E-state index is 0.0344. The Labute approximate surface area is 258 Å². The molecule has 0 amide bonds. The van der Waals surface area contributed by atoms with Crippen LogP contribution < -0.4 is 26.8 Å². The van der Waals surface area contributed by atoms with Crippen LogP contribution in [0.2, 0.25) is 0 Å². The summed E-state index contributed by atoms with van der Waals surface area (Å²) >= 11 is 5.46. The molecule has 3 fully saturated rings. The van der Waals surface area contributed by atoms with Crippen molar-refractivity contribution in [1.29, 1.82) is 0 Å². The molecule has 0 saturated carbocycles. The van der Waals surface area contributed by atoms with Crippen LogP contribution in [-0.2, 0) is 45.0 Å². The highest BCUT2D eigenvalue weighted by Crippen LogP contribution is 2.47. The van der Waals surface area contributed by atoms with E-state index in [0.29, 0.717) is 11.2 Å². The molecule has 0 spiro atoms. The number of imidazole rings is 2. The number of nitrogens with two attached hydrogens (primary N) is 2. The molecule has 3 saturated heterocycles. The van der Waals surface area contributed by atoms with E-state index in [0.717, 1.165) is 0 Å². The van der Waals surface area contributed by atoms with Crippen LogP contribution in [0, 0.1) is 0 Å². The van der Waals surface area contributed by atoms with Crippen molar-refractivity contribution in [3.8, 4) is 0 Å². The zero-order valence-corrected chi connectivity index (χ0v) is 25.7. The van der Waals surface area contributed by atoms with Gasteiger partial charge in [0.15, 0.2) is 28.9 Å². The molecule has 3 aliphatic rings. The molecule has 8 N–H and O–H groups in total. The lowest BCUT2D eigenvalue weighted by Gasteiger charge is -2.29. The van der Waals surface area contributed by atoms with Crippen LogP contribution >= 0.6 is 6.64 Å². The maximum atomic E-state index is 13.2. The summed E-state index contributed by atoms with van der Waals surface area (Å²) in [4.78, 5) is 46.7. The first kappa shape index (κ1) is 30.4. The van der Waals surface area contributed by atoms with Crippen LogP contribution in [0.5, 0.6) is 0 Å². The highest BCUT2D eigenvalue weighted by Gasteiger charge is 2.50. The molecular weight excluding hydrogens is 659 g/mol. The van der Waals surface area contributed by atoms with Gasteiger partial charge in [-0.15, -0.1) is 0 Å². The number of nitrogens with one attached hydrogen (secondary N) is 3. The van der Waals surface area contributed by atoms with Gasteiger partial charge in [-0.2, -0.15) is 18.1 Å². The smallest absolute Gasteiger partial charge is 0.336 e. The zero-order chi connectivity index (χ0) is 31.7. The van der Waals surface area contributed by atoms with E-state index in [9.17, 15) is 18.1 Å².